The van der Waals surface area contributed by atoms with Crippen molar-refractivity contribution in [2.75, 3.05) is 5.73 Å². The Balaban J connectivity index is 1.76. The molecule has 23 heavy (non-hydrogen) atoms. The number of nitrogens with zero attached hydrogens (tertiary/aromatic N) is 2. The molecule has 1 aromatic carbocycles. The second kappa shape index (κ2) is 6.53. The molecule has 0 radical (unpaired) electrons. The topological polar surface area (TPSA) is 80.9 Å². The maximum absolute atomic E-state index is 13.6. The smallest absolute Gasteiger partial charge is 0.265 e. The highest BCUT2D eigenvalue weighted by Crippen LogP contribution is 2.29. The van der Waals surface area contributed by atoms with Gasteiger partial charge in [0.2, 0.25) is 0 Å². The van der Waals surface area contributed by atoms with Gasteiger partial charge in [-0.1, -0.05) is 24.3 Å². The lowest BCUT2D eigenvalue weighted by Crippen LogP contribution is -2.23. The lowest BCUT2D eigenvalue weighted by molar-refractivity contribution is 0.0955. The minimum atomic E-state index is -0.384. The van der Waals surface area contributed by atoms with E-state index in [0.717, 1.165) is 11.5 Å². The SMILES string of the molecule is Nc1c(-c2ccccn2)nsc1C(=O)NCc1ccccc1F. The normalized spacial score (nSPS) is 10.5. The van der Waals surface area contributed by atoms with E-state index in [0.29, 0.717) is 21.8 Å². The summed E-state index contributed by atoms with van der Waals surface area (Å²) < 4.78 is 17.8. The second-order valence-electron chi connectivity index (χ2n) is 4.76. The summed E-state index contributed by atoms with van der Waals surface area (Å²) in [6.07, 6.45) is 1.63. The van der Waals surface area contributed by atoms with Gasteiger partial charge in [-0.15, -0.1) is 0 Å². The first kappa shape index (κ1) is 15.1. The Hall–Kier alpha value is -2.80. The number of amides is 1. The molecule has 2 aromatic heterocycles. The summed E-state index contributed by atoms with van der Waals surface area (Å²) in [5.41, 5.74) is 7.78. The first-order chi connectivity index (χ1) is 11.2. The molecule has 3 rings (SSSR count). The zero-order valence-electron chi connectivity index (χ0n) is 12.0. The predicted molar refractivity (Wildman–Crippen MR) is 87.3 cm³/mol. The van der Waals surface area contributed by atoms with E-state index < -0.39 is 0 Å². The molecule has 0 spiro atoms. The number of nitrogen functional groups attached to an aromatic ring is 1. The van der Waals surface area contributed by atoms with Gasteiger partial charge in [-0.3, -0.25) is 9.78 Å². The molecule has 0 fully saturated rings. The van der Waals surface area contributed by atoms with Crippen molar-refractivity contribution in [1.82, 2.24) is 14.7 Å². The average Bonchev–Trinajstić information content (AvgIpc) is 2.96. The Morgan fingerprint density at radius 2 is 2.00 bits per heavy atom. The van der Waals surface area contributed by atoms with Crippen molar-refractivity contribution in [3.63, 3.8) is 0 Å². The number of hydrogen-bond donors (Lipinski definition) is 2. The number of carbonyl (C=O) groups is 1. The Kier molecular flexibility index (Phi) is 4.29. The van der Waals surface area contributed by atoms with Gasteiger partial charge in [0.05, 0.1) is 11.4 Å². The van der Waals surface area contributed by atoms with Crippen LogP contribution in [0, 0.1) is 5.82 Å². The molecular weight excluding hydrogens is 315 g/mol. The van der Waals surface area contributed by atoms with Gasteiger partial charge in [0, 0.05) is 18.3 Å². The fourth-order valence-corrected chi connectivity index (χ4v) is 2.77. The van der Waals surface area contributed by atoms with Crippen LogP contribution in [0.25, 0.3) is 11.4 Å². The Bertz CT molecular complexity index is 835. The van der Waals surface area contributed by atoms with E-state index in [4.69, 9.17) is 5.73 Å². The zero-order chi connectivity index (χ0) is 16.2. The van der Waals surface area contributed by atoms with Crippen LogP contribution in [-0.2, 0) is 6.54 Å². The molecule has 0 unspecified atom stereocenters. The number of benzene rings is 1. The van der Waals surface area contributed by atoms with Crippen molar-refractivity contribution in [3.8, 4) is 11.4 Å². The minimum absolute atomic E-state index is 0.0851. The van der Waals surface area contributed by atoms with Gasteiger partial charge in [0.15, 0.2) is 0 Å². The average molecular weight is 328 g/mol. The molecule has 0 atom stereocenters. The van der Waals surface area contributed by atoms with Crippen LogP contribution in [0.1, 0.15) is 15.2 Å². The highest BCUT2D eigenvalue weighted by Gasteiger charge is 2.19. The largest absolute Gasteiger partial charge is 0.396 e. The molecule has 0 bridgehead atoms. The molecule has 7 heteroatoms. The Labute approximate surface area is 136 Å². The van der Waals surface area contributed by atoms with Crippen molar-refractivity contribution in [3.05, 3.63) is 64.9 Å². The fourth-order valence-electron chi connectivity index (χ4n) is 2.05. The molecule has 2 heterocycles. The van der Waals surface area contributed by atoms with Crippen LogP contribution >= 0.6 is 11.5 Å². The highest BCUT2D eigenvalue weighted by molar-refractivity contribution is 7.09. The third kappa shape index (κ3) is 3.19. The molecule has 0 aliphatic rings. The summed E-state index contributed by atoms with van der Waals surface area (Å²) in [7, 11) is 0. The van der Waals surface area contributed by atoms with Crippen molar-refractivity contribution in [2.24, 2.45) is 0 Å². The quantitative estimate of drug-likeness (QED) is 0.772. The predicted octanol–water partition coefficient (Wildman–Crippen LogP) is 2.86. The minimum Gasteiger partial charge on any atom is -0.396 e. The third-order valence-electron chi connectivity index (χ3n) is 3.24. The summed E-state index contributed by atoms with van der Waals surface area (Å²) in [6.45, 7) is 0.0851. The van der Waals surface area contributed by atoms with Crippen LogP contribution < -0.4 is 11.1 Å². The van der Waals surface area contributed by atoms with E-state index in [1.807, 2.05) is 6.07 Å². The number of nitrogens with two attached hydrogens (primary N) is 1. The maximum Gasteiger partial charge on any atom is 0.265 e. The number of pyridine rings is 1. The van der Waals surface area contributed by atoms with Gasteiger partial charge in [0.1, 0.15) is 16.4 Å². The number of carbonyl (C=O) groups excluding carboxylic acids is 1. The van der Waals surface area contributed by atoms with E-state index in [-0.39, 0.29) is 24.0 Å². The number of anilines is 1. The highest BCUT2D eigenvalue weighted by atomic mass is 32.1. The summed E-state index contributed by atoms with van der Waals surface area (Å²) in [5, 5.41) is 2.65. The van der Waals surface area contributed by atoms with Gasteiger partial charge in [-0.2, -0.15) is 4.37 Å². The van der Waals surface area contributed by atoms with Crippen molar-refractivity contribution >= 4 is 23.1 Å². The molecule has 0 aliphatic heterocycles. The van der Waals surface area contributed by atoms with E-state index in [9.17, 15) is 9.18 Å². The molecule has 116 valence electrons. The molecule has 1 amide bonds. The van der Waals surface area contributed by atoms with Gasteiger partial charge in [-0.05, 0) is 29.7 Å². The van der Waals surface area contributed by atoms with Crippen molar-refractivity contribution in [1.29, 1.82) is 0 Å². The van der Waals surface area contributed by atoms with Gasteiger partial charge >= 0.3 is 0 Å². The Morgan fingerprint density at radius 3 is 2.74 bits per heavy atom. The lowest BCUT2D eigenvalue weighted by atomic mass is 10.2. The third-order valence-corrected chi connectivity index (χ3v) is 4.10. The standard InChI is InChI=1S/C16H13FN4OS/c17-11-6-2-1-5-10(11)9-20-16(22)15-13(18)14(21-23-15)12-7-3-4-8-19-12/h1-8H,9,18H2,(H,20,22). The van der Waals surface area contributed by atoms with E-state index >= 15 is 0 Å². The van der Waals surface area contributed by atoms with Crippen LogP contribution in [0.4, 0.5) is 10.1 Å². The molecule has 5 nitrogen and oxygen atoms in total. The molecule has 0 saturated carbocycles. The van der Waals surface area contributed by atoms with Gasteiger partial charge in [0.25, 0.3) is 5.91 Å². The lowest BCUT2D eigenvalue weighted by Gasteiger charge is -2.05. The van der Waals surface area contributed by atoms with E-state index in [2.05, 4.69) is 14.7 Å². The van der Waals surface area contributed by atoms with Crippen LogP contribution in [0.5, 0.6) is 0 Å². The molecular formula is C16H13FN4OS. The van der Waals surface area contributed by atoms with Gasteiger partial charge in [-0.25, -0.2) is 4.39 Å². The molecule has 3 aromatic rings. The van der Waals surface area contributed by atoms with Crippen molar-refractivity contribution < 1.29 is 9.18 Å². The zero-order valence-corrected chi connectivity index (χ0v) is 12.8. The number of hydrogen-bond acceptors (Lipinski definition) is 5. The fraction of sp³-hybridized carbons (Fsp3) is 0.0625. The maximum atomic E-state index is 13.6. The summed E-state index contributed by atoms with van der Waals surface area (Å²) in [5.74, 6) is -0.746. The number of aromatic nitrogens is 2. The summed E-state index contributed by atoms with van der Waals surface area (Å²) in [4.78, 5) is 16.7. The van der Waals surface area contributed by atoms with Crippen LogP contribution in [-0.4, -0.2) is 15.3 Å². The van der Waals surface area contributed by atoms with Gasteiger partial charge < -0.3 is 11.1 Å². The summed E-state index contributed by atoms with van der Waals surface area (Å²) in [6, 6.07) is 11.7. The molecule has 0 aliphatic carbocycles. The molecule has 3 N–H and O–H groups in total. The van der Waals surface area contributed by atoms with Crippen molar-refractivity contribution in [2.45, 2.75) is 6.54 Å². The summed E-state index contributed by atoms with van der Waals surface area (Å²) >= 11 is 0.998. The first-order valence-electron chi connectivity index (χ1n) is 6.85. The van der Waals surface area contributed by atoms with Crippen LogP contribution in [0.3, 0.4) is 0 Å². The molecule has 0 saturated heterocycles. The van der Waals surface area contributed by atoms with E-state index in [1.165, 1.54) is 6.07 Å². The van der Waals surface area contributed by atoms with Crippen LogP contribution in [0.2, 0.25) is 0 Å². The Morgan fingerprint density at radius 1 is 1.22 bits per heavy atom. The first-order valence-corrected chi connectivity index (χ1v) is 7.62. The number of nitrogens with one attached hydrogen (secondary N) is 1. The second-order valence-corrected chi connectivity index (χ2v) is 5.54. The number of rotatable bonds is 4. The number of halogens is 1. The van der Waals surface area contributed by atoms with Crippen LogP contribution in [0.15, 0.2) is 48.7 Å². The monoisotopic (exact) mass is 328 g/mol. The van der Waals surface area contributed by atoms with E-state index in [1.54, 1.807) is 36.5 Å².